The maximum atomic E-state index is 11.8. The van der Waals surface area contributed by atoms with Crippen molar-refractivity contribution in [1.29, 1.82) is 0 Å². The molecule has 1 saturated heterocycles. The Kier molecular flexibility index (Phi) is 7.58. The second kappa shape index (κ2) is 11.2. The SMILES string of the molecule is O=C(NCCCN(CCc1ccc(Oc2nc3ccccc3s2)cc1)C1CC1)OC1CCCO1. The standard InChI is InChI=1S/C26H31N3O4S/c30-25(33-24-7-3-18-31-24)27-15-4-16-29(20-10-11-20)17-14-19-8-12-21(13-9-19)32-26-28-22-5-1-2-6-23(22)34-26/h1-2,5-6,8-9,12-13,20,24H,3-4,7,10-11,14-18H2,(H,27,30). The number of hydrogen-bond acceptors (Lipinski definition) is 7. The average Bonchev–Trinajstić information content (AvgIpc) is 3.40. The number of alkyl carbamates (subject to hydrolysis) is 1. The van der Waals surface area contributed by atoms with Crippen LogP contribution in [0.2, 0.25) is 0 Å². The Labute approximate surface area is 204 Å². The van der Waals surface area contributed by atoms with E-state index in [-0.39, 0.29) is 12.4 Å². The smallest absolute Gasteiger partial charge is 0.409 e. The number of para-hydroxylation sites is 1. The first-order chi connectivity index (χ1) is 16.7. The summed E-state index contributed by atoms with van der Waals surface area (Å²) in [4.78, 5) is 18.9. The van der Waals surface area contributed by atoms with Crippen LogP contribution in [-0.2, 0) is 15.9 Å². The summed E-state index contributed by atoms with van der Waals surface area (Å²) in [6.45, 7) is 3.28. The second-order valence-electron chi connectivity index (χ2n) is 8.84. The molecule has 1 N–H and O–H groups in total. The normalized spacial score (nSPS) is 17.9. The lowest BCUT2D eigenvalue weighted by Crippen LogP contribution is -2.34. The number of fused-ring (bicyclic) bond motifs is 1. The van der Waals surface area contributed by atoms with Gasteiger partial charge in [-0.3, -0.25) is 4.90 Å². The van der Waals surface area contributed by atoms with Gasteiger partial charge in [0.15, 0.2) is 0 Å². The van der Waals surface area contributed by atoms with Crippen LogP contribution in [0.25, 0.3) is 10.2 Å². The lowest BCUT2D eigenvalue weighted by atomic mass is 10.1. The van der Waals surface area contributed by atoms with E-state index < -0.39 is 0 Å². The molecule has 1 amide bonds. The van der Waals surface area contributed by atoms with Gasteiger partial charge in [-0.15, -0.1) is 0 Å². The number of nitrogens with one attached hydrogen (secondary N) is 1. The molecule has 0 bridgehead atoms. The van der Waals surface area contributed by atoms with Crippen molar-refractivity contribution in [2.24, 2.45) is 0 Å². The van der Waals surface area contributed by atoms with Crippen molar-refractivity contribution in [1.82, 2.24) is 15.2 Å². The van der Waals surface area contributed by atoms with Crippen LogP contribution in [0.4, 0.5) is 4.79 Å². The minimum absolute atomic E-state index is 0.374. The first-order valence-corrected chi connectivity index (χ1v) is 13.0. The highest BCUT2D eigenvalue weighted by molar-refractivity contribution is 7.20. The number of benzene rings is 2. The molecule has 0 spiro atoms. The lowest BCUT2D eigenvalue weighted by molar-refractivity contribution is -0.0678. The molecule has 8 heteroatoms. The van der Waals surface area contributed by atoms with Crippen LogP contribution in [-0.4, -0.2) is 54.6 Å². The molecule has 1 unspecified atom stereocenters. The Morgan fingerprint density at radius 2 is 1.97 bits per heavy atom. The van der Waals surface area contributed by atoms with E-state index in [0.717, 1.165) is 54.7 Å². The predicted octanol–water partition coefficient (Wildman–Crippen LogP) is 5.35. The molecule has 1 atom stereocenters. The van der Waals surface area contributed by atoms with E-state index in [1.165, 1.54) is 18.4 Å². The second-order valence-corrected chi connectivity index (χ2v) is 9.83. The van der Waals surface area contributed by atoms with Gasteiger partial charge in [0.25, 0.3) is 5.19 Å². The van der Waals surface area contributed by atoms with E-state index >= 15 is 0 Å². The predicted molar refractivity (Wildman–Crippen MR) is 133 cm³/mol. The van der Waals surface area contributed by atoms with E-state index in [0.29, 0.717) is 24.4 Å². The zero-order valence-corrected chi connectivity index (χ0v) is 20.1. The van der Waals surface area contributed by atoms with E-state index in [9.17, 15) is 4.79 Å². The van der Waals surface area contributed by atoms with Gasteiger partial charge in [0.05, 0.1) is 16.8 Å². The van der Waals surface area contributed by atoms with Gasteiger partial charge in [-0.05, 0) is 61.9 Å². The molecule has 0 radical (unpaired) electrons. The van der Waals surface area contributed by atoms with Gasteiger partial charge in [0.2, 0.25) is 6.29 Å². The molecule has 1 aromatic heterocycles. The zero-order chi connectivity index (χ0) is 23.2. The summed E-state index contributed by atoms with van der Waals surface area (Å²) >= 11 is 1.56. The number of amides is 1. The number of rotatable bonds is 11. The van der Waals surface area contributed by atoms with Crippen molar-refractivity contribution < 1.29 is 19.0 Å². The summed E-state index contributed by atoms with van der Waals surface area (Å²) in [5.41, 5.74) is 2.26. The van der Waals surface area contributed by atoms with E-state index in [1.807, 2.05) is 30.3 Å². The average molecular weight is 482 g/mol. The number of ether oxygens (including phenoxy) is 3. The Bertz CT molecular complexity index is 1040. The van der Waals surface area contributed by atoms with Gasteiger partial charge in [-0.25, -0.2) is 9.78 Å². The number of thiazole rings is 1. The van der Waals surface area contributed by atoms with Crippen LogP contribution < -0.4 is 10.1 Å². The van der Waals surface area contributed by atoms with Gasteiger partial charge in [-0.2, -0.15) is 0 Å². The summed E-state index contributed by atoms with van der Waals surface area (Å²) in [5.74, 6) is 0.808. The maximum Gasteiger partial charge on any atom is 0.409 e. The van der Waals surface area contributed by atoms with Crippen LogP contribution in [0.15, 0.2) is 48.5 Å². The van der Waals surface area contributed by atoms with Crippen LogP contribution in [0.3, 0.4) is 0 Å². The minimum atomic E-state index is -0.377. The quantitative estimate of drug-likeness (QED) is 0.372. The highest BCUT2D eigenvalue weighted by Crippen LogP contribution is 2.31. The number of carbonyl (C=O) groups is 1. The van der Waals surface area contributed by atoms with Crippen molar-refractivity contribution in [2.75, 3.05) is 26.2 Å². The third-order valence-electron chi connectivity index (χ3n) is 6.17. The minimum Gasteiger partial charge on any atom is -0.431 e. The summed E-state index contributed by atoms with van der Waals surface area (Å²) in [5, 5.41) is 3.52. The largest absolute Gasteiger partial charge is 0.431 e. The first kappa shape index (κ1) is 23.1. The van der Waals surface area contributed by atoms with Crippen LogP contribution in [0.1, 0.15) is 37.7 Å². The van der Waals surface area contributed by atoms with E-state index in [4.69, 9.17) is 14.2 Å². The number of nitrogens with zero attached hydrogens (tertiary/aromatic N) is 2. The van der Waals surface area contributed by atoms with Crippen LogP contribution in [0, 0.1) is 0 Å². The Morgan fingerprint density at radius 1 is 1.12 bits per heavy atom. The number of carbonyl (C=O) groups excluding carboxylic acids is 1. The molecule has 180 valence electrons. The summed E-state index contributed by atoms with van der Waals surface area (Å²) in [6, 6.07) is 17.1. The molecule has 2 heterocycles. The molecule has 5 rings (SSSR count). The van der Waals surface area contributed by atoms with Crippen molar-refractivity contribution in [3.05, 3.63) is 54.1 Å². The fourth-order valence-corrected chi connectivity index (χ4v) is 5.02. The number of hydrogen-bond donors (Lipinski definition) is 1. The van der Waals surface area contributed by atoms with Gasteiger partial charge in [-0.1, -0.05) is 35.6 Å². The first-order valence-electron chi connectivity index (χ1n) is 12.2. The molecule has 2 aromatic carbocycles. The molecule has 1 aliphatic heterocycles. The fraction of sp³-hybridized carbons (Fsp3) is 0.462. The Balaban J connectivity index is 1.04. The molecule has 2 aliphatic rings. The molecular formula is C26H31N3O4S. The summed E-state index contributed by atoms with van der Waals surface area (Å²) in [6.07, 6.45) is 5.43. The molecule has 34 heavy (non-hydrogen) atoms. The summed E-state index contributed by atoms with van der Waals surface area (Å²) < 4.78 is 17.7. The van der Waals surface area contributed by atoms with Crippen molar-refractivity contribution in [3.8, 4) is 10.9 Å². The van der Waals surface area contributed by atoms with Gasteiger partial charge in [0.1, 0.15) is 5.75 Å². The van der Waals surface area contributed by atoms with Crippen LogP contribution in [0.5, 0.6) is 10.9 Å². The Hall–Kier alpha value is -2.68. The molecule has 1 saturated carbocycles. The topological polar surface area (TPSA) is 72.9 Å². The Morgan fingerprint density at radius 3 is 2.74 bits per heavy atom. The van der Waals surface area contributed by atoms with Gasteiger partial charge < -0.3 is 19.5 Å². The monoisotopic (exact) mass is 481 g/mol. The van der Waals surface area contributed by atoms with Crippen molar-refractivity contribution in [3.63, 3.8) is 0 Å². The third kappa shape index (κ3) is 6.46. The van der Waals surface area contributed by atoms with Crippen molar-refractivity contribution in [2.45, 2.75) is 50.9 Å². The van der Waals surface area contributed by atoms with E-state index in [2.05, 4.69) is 33.4 Å². The fourth-order valence-electron chi connectivity index (χ4n) is 4.18. The maximum absolute atomic E-state index is 11.8. The molecule has 2 fully saturated rings. The highest BCUT2D eigenvalue weighted by atomic mass is 32.1. The zero-order valence-electron chi connectivity index (χ0n) is 19.3. The van der Waals surface area contributed by atoms with Crippen LogP contribution >= 0.6 is 11.3 Å². The van der Waals surface area contributed by atoms with Crippen molar-refractivity contribution >= 4 is 27.6 Å². The summed E-state index contributed by atoms with van der Waals surface area (Å²) in [7, 11) is 0. The molecule has 3 aromatic rings. The highest BCUT2D eigenvalue weighted by Gasteiger charge is 2.28. The van der Waals surface area contributed by atoms with E-state index in [1.54, 1.807) is 11.3 Å². The molecule has 7 nitrogen and oxygen atoms in total. The molecular weight excluding hydrogens is 450 g/mol. The lowest BCUT2D eigenvalue weighted by Gasteiger charge is -2.22. The van der Waals surface area contributed by atoms with Gasteiger partial charge in [0, 0.05) is 32.1 Å². The number of aromatic nitrogens is 1. The molecule has 1 aliphatic carbocycles. The third-order valence-corrected chi connectivity index (χ3v) is 7.09. The van der Waals surface area contributed by atoms with Gasteiger partial charge >= 0.3 is 6.09 Å².